The summed E-state index contributed by atoms with van der Waals surface area (Å²) in [5.74, 6) is -3.01. The maximum absolute atomic E-state index is 13.4. The van der Waals surface area contributed by atoms with Crippen molar-refractivity contribution in [2.24, 2.45) is 0 Å². The number of carbonyl (C=O) groups is 3. The molecule has 2 amide bonds. The van der Waals surface area contributed by atoms with Gasteiger partial charge in [0.2, 0.25) is 11.8 Å². The smallest absolute Gasteiger partial charge is 0.243 e. The van der Waals surface area contributed by atoms with Crippen molar-refractivity contribution in [2.75, 3.05) is 5.32 Å². The fraction of sp³-hybridized carbons (Fsp3) is 0.160. The molecule has 0 aliphatic carbocycles. The molecule has 1 aliphatic heterocycles. The first-order valence-electron chi connectivity index (χ1n) is 10.4. The van der Waals surface area contributed by atoms with Gasteiger partial charge in [0.05, 0.1) is 6.42 Å². The number of Topliss-reactive ketones (excluding diaryl/α,β-unsaturated/α-hetero) is 1. The van der Waals surface area contributed by atoms with Gasteiger partial charge in [0.15, 0.2) is 5.78 Å². The van der Waals surface area contributed by atoms with E-state index in [1.807, 2.05) is 18.2 Å². The van der Waals surface area contributed by atoms with E-state index in [0.717, 1.165) is 12.1 Å². The van der Waals surface area contributed by atoms with Gasteiger partial charge < -0.3 is 16.0 Å². The number of benzene rings is 3. The molecule has 1 heterocycles. The van der Waals surface area contributed by atoms with Crippen LogP contribution in [0.4, 0.5) is 20.2 Å². The van der Waals surface area contributed by atoms with E-state index >= 15 is 0 Å². The fourth-order valence-corrected chi connectivity index (χ4v) is 3.78. The lowest BCUT2D eigenvalue weighted by Gasteiger charge is -2.21. The van der Waals surface area contributed by atoms with E-state index in [2.05, 4.69) is 16.0 Å². The number of fused-ring (bicyclic) bond motifs is 2. The van der Waals surface area contributed by atoms with Crippen LogP contribution in [0, 0.1) is 11.6 Å². The number of para-hydroxylation sites is 2. The summed E-state index contributed by atoms with van der Waals surface area (Å²) in [4.78, 5) is 38.5. The third-order valence-electron chi connectivity index (χ3n) is 5.34. The number of carbonyl (C=O) groups excluding carboxylic acids is 3. The molecule has 0 saturated heterocycles. The van der Waals surface area contributed by atoms with Crippen molar-refractivity contribution in [3.8, 4) is 0 Å². The molecule has 0 aromatic heterocycles. The molecule has 3 aromatic rings. The largest absolute Gasteiger partial charge is 0.355 e. The highest BCUT2D eigenvalue weighted by atomic mass is 19.1. The first-order chi connectivity index (χ1) is 15.8. The fourth-order valence-electron chi connectivity index (χ4n) is 3.78. The molecular formula is C25H21F2N3O3. The second-order valence-electron chi connectivity index (χ2n) is 7.81. The number of halogens is 2. The monoisotopic (exact) mass is 449 g/mol. The molecule has 168 valence electrons. The molecule has 2 atom stereocenters. The summed E-state index contributed by atoms with van der Waals surface area (Å²) in [5.41, 5.74) is 2.50. The summed E-state index contributed by atoms with van der Waals surface area (Å²) in [6.45, 7) is 1.47. The second kappa shape index (κ2) is 9.20. The maximum Gasteiger partial charge on any atom is 0.243 e. The van der Waals surface area contributed by atoms with Crippen molar-refractivity contribution in [3.63, 3.8) is 0 Å². The molecule has 33 heavy (non-hydrogen) atoms. The van der Waals surface area contributed by atoms with Crippen molar-refractivity contribution in [3.05, 3.63) is 95.1 Å². The van der Waals surface area contributed by atoms with Crippen LogP contribution >= 0.6 is 0 Å². The number of anilines is 2. The Bertz CT molecular complexity index is 1220. The molecule has 4 rings (SSSR count). The molecule has 6 nitrogen and oxygen atoms in total. The van der Waals surface area contributed by atoms with Crippen molar-refractivity contribution in [1.29, 1.82) is 0 Å². The predicted octanol–water partition coefficient (Wildman–Crippen LogP) is 3.81. The van der Waals surface area contributed by atoms with E-state index in [-0.39, 0.29) is 17.8 Å². The van der Waals surface area contributed by atoms with E-state index in [0.29, 0.717) is 28.6 Å². The van der Waals surface area contributed by atoms with Crippen LogP contribution in [0.25, 0.3) is 0 Å². The zero-order valence-electron chi connectivity index (χ0n) is 17.7. The van der Waals surface area contributed by atoms with Gasteiger partial charge >= 0.3 is 0 Å². The van der Waals surface area contributed by atoms with E-state index in [1.54, 1.807) is 30.3 Å². The van der Waals surface area contributed by atoms with Gasteiger partial charge in [0.1, 0.15) is 23.7 Å². The lowest BCUT2D eigenvalue weighted by atomic mass is 9.97. The third kappa shape index (κ3) is 4.90. The Balaban J connectivity index is 1.49. The molecule has 3 aromatic carbocycles. The highest BCUT2D eigenvalue weighted by Crippen LogP contribution is 2.35. The number of hydrogen-bond donors (Lipinski definition) is 3. The van der Waals surface area contributed by atoms with Crippen LogP contribution in [0.5, 0.6) is 0 Å². The first-order valence-corrected chi connectivity index (χ1v) is 10.4. The lowest BCUT2D eigenvalue weighted by Crippen LogP contribution is -2.47. The van der Waals surface area contributed by atoms with E-state index in [1.165, 1.54) is 6.92 Å². The second-order valence-corrected chi connectivity index (χ2v) is 7.81. The highest BCUT2D eigenvalue weighted by Gasteiger charge is 2.32. The van der Waals surface area contributed by atoms with Crippen molar-refractivity contribution in [2.45, 2.75) is 25.4 Å². The zero-order valence-corrected chi connectivity index (χ0v) is 17.7. The average molecular weight is 449 g/mol. The van der Waals surface area contributed by atoms with E-state index in [9.17, 15) is 23.2 Å². The van der Waals surface area contributed by atoms with Gasteiger partial charge in [-0.05, 0) is 42.8 Å². The Hall–Kier alpha value is -4.07. The van der Waals surface area contributed by atoms with Gasteiger partial charge in [0, 0.05) is 28.6 Å². The minimum Gasteiger partial charge on any atom is -0.355 e. The topological polar surface area (TPSA) is 87.3 Å². The summed E-state index contributed by atoms with van der Waals surface area (Å²) in [7, 11) is 0. The van der Waals surface area contributed by atoms with Gasteiger partial charge in [-0.2, -0.15) is 0 Å². The van der Waals surface area contributed by atoms with Gasteiger partial charge in [0.25, 0.3) is 0 Å². The summed E-state index contributed by atoms with van der Waals surface area (Å²) in [5, 5.41) is 8.47. The Morgan fingerprint density at radius 3 is 2.33 bits per heavy atom. The minimum absolute atomic E-state index is 0.146. The molecule has 0 bridgehead atoms. The van der Waals surface area contributed by atoms with Gasteiger partial charge in [-0.15, -0.1) is 0 Å². The molecule has 1 aliphatic rings. The summed E-state index contributed by atoms with van der Waals surface area (Å²) in [6.07, 6.45) is -0.297. The molecule has 0 spiro atoms. The van der Waals surface area contributed by atoms with Crippen molar-refractivity contribution < 1.29 is 23.2 Å². The van der Waals surface area contributed by atoms with Crippen LogP contribution in [0.2, 0.25) is 0 Å². The lowest BCUT2D eigenvalue weighted by molar-refractivity contribution is -0.128. The van der Waals surface area contributed by atoms with Crippen LogP contribution in [0.3, 0.4) is 0 Å². The molecule has 1 unspecified atom stereocenters. The van der Waals surface area contributed by atoms with Gasteiger partial charge in [-0.3, -0.25) is 14.4 Å². The van der Waals surface area contributed by atoms with Crippen molar-refractivity contribution in [1.82, 2.24) is 10.6 Å². The number of ketones is 1. The molecular weight excluding hydrogens is 428 g/mol. The standard InChI is InChI=1S/C25H21F2N3O3/c1-14(28-22(31)12-15-10-16(26)13-17(27)11-15)25(33)30-23-18-6-2-4-8-20(18)29-21-9-5-3-7-19(21)24(23)32/h2-11,13-14,23,29H,12H2,1H3,(H,28,31)(H,30,33)/t14-,23?/m0/s1. The number of amides is 2. The Morgan fingerprint density at radius 1 is 0.970 bits per heavy atom. The number of nitrogens with one attached hydrogen (secondary N) is 3. The van der Waals surface area contributed by atoms with Crippen LogP contribution in [-0.2, 0) is 16.0 Å². The Morgan fingerprint density at radius 2 is 1.61 bits per heavy atom. The summed E-state index contributed by atoms with van der Waals surface area (Å²) < 4.78 is 26.7. The molecule has 0 saturated carbocycles. The quantitative estimate of drug-likeness (QED) is 0.553. The van der Waals surface area contributed by atoms with Crippen molar-refractivity contribution >= 4 is 29.0 Å². The van der Waals surface area contributed by atoms with E-state index < -0.39 is 35.5 Å². The van der Waals surface area contributed by atoms with Crippen LogP contribution in [0.1, 0.15) is 34.5 Å². The molecule has 3 N–H and O–H groups in total. The summed E-state index contributed by atoms with van der Waals surface area (Å²) in [6, 6.07) is 15.0. The average Bonchev–Trinajstić information content (AvgIpc) is 2.88. The summed E-state index contributed by atoms with van der Waals surface area (Å²) >= 11 is 0. The predicted molar refractivity (Wildman–Crippen MR) is 119 cm³/mol. The molecule has 0 radical (unpaired) electrons. The highest BCUT2D eigenvalue weighted by molar-refractivity contribution is 6.09. The van der Waals surface area contributed by atoms with Crippen LogP contribution in [-0.4, -0.2) is 23.6 Å². The zero-order chi connectivity index (χ0) is 23.5. The minimum atomic E-state index is -0.984. The SMILES string of the molecule is C[C@H](NC(=O)Cc1cc(F)cc(F)c1)C(=O)NC1C(=O)c2ccccc2Nc2ccccc21. The molecule has 0 fully saturated rings. The molecule has 8 heteroatoms. The van der Waals surface area contributed by atoms with Gasteiger partial charge in [-0.25, -0.2) is 8.78 Å². The first kappa shape index (κ1) is 22.1. The van der Waals surface area contributed by atoms with Gasteiger partial charge in [-0.1, -0.05) is 30.3 Å². The normalized spacial score (nSPS) is 15.4. The van der Waals surface area contributed by atoms with Crippen LogP contribution < -0.4 is 16.0 Å². The van der Waals surface area contributed by atoms with E-state index in [4.69, 9.17) is 0 Å². The third-order valence-corrected chi connectivity index (χ3v) is 5.34. The Labute approximate surface area is 189 Å². The number of rotatable bonds is 5. The Kier molecular flexibility index (Phi) is 6.17. The maximum atomic E-state index is 13.4. The van der Waals surface area contributed by atoms with Crippen LogP contribution in [0.15, 0.2) is 66.7 Å². The number of hydrogen-bond acceptors (Lipinski definition) is 4.